The lowest BCUT2D eigenvalue weighted by Crippen LogP contribution is -2.33. The molecule has 0 aliphatic heterocycles. The Morgan fingerprint density at radius 2 is 1.83 bits per heavy atom. The summed E-state index contributed by atoms with van der Waals surface area (Å²) in [6.45, 7) is 2.17. The van der Waals surface area contributed by atoms with E-state index in [2.05, 4.69) is 15.4 Å². The number of rotatable bonds is 5. The molecule has 6 heteroatoms. The number of fused-ring (bicyclic) bond motifs is 1. The molecule has 6 nitrogen and oxygen atoms in total. The average molecular weight is 384 g/mol. The maximum absolute atomic E-state index is 12.6. The summed E-state index contributed by atoms with van der Waals surface area (Å²) in [7, 11) is 0. The summed E-state index contributed by atoms with van der Waals surface area (Å²) in [5.41, 5.74) is 2.92. The second kappa shape index (κ2) is 8.06. The zero-order valence-electron chi connectivity index (χ0n) is 16.0. The molecule has 0 unspecified atom stereocenters. The molecule has 144 valence electrons. The highest BCUT2D eigenvalue weighted by molar-refractivity contribution is 5.92. The van der Waals surface area contributed by atoms with Crippen molar-refractivity contribution in [3.63, 3.8) is 0 Å². The molecule has 0 radical (unpaired) electrons. The monoisotopic (exact) mass is 384 g/mol. The molecule has 29 heavy (non-hydrogen) atoms. The number of pyridine rings is 1. The standard InChI is InChI=1S/C23H20N4O2/c1-16-15-20(28)22(26-27(16)19-10-3-2-4-11-19)23(29)25-14-12-18-8-5-7-17-9-6-13-24-21(17)18/h2-11,13,15H,12,14H2,1H3,(H,25,29). The Bertz CT molecular complexity index is 1230. The Morgan fingerprint density at radius 3 is 2.66 bits per heavy atom. The van der Waals surface area contributed by atoms with E-state index in [1.807, 2.05) is 60.7 Å². The van der Waals surface area contributed by atoms with Crippen molar-refractivity contribution in [2.45, 2.75) is 13.3 Å². The van der Waals surface area contributed by atoms with Crippen LogP contribution in [0.2, 0.25) is 0 Å². The van der Waals surface area contributed by atoms with Crippen molar-refractivity contribution in [1.82, 2.24) is 20.1 Å². The van der Waals surface area contributed by atoms with Gasteiger partial charge < -0.3 is 5.32 Å². The number of para-hydroxylation sites is 2. The first-order valence-corrected chi connectivity index (χ1v) is 9.41. The molecular weight excluding hydrogens is 364 g/mol. The molecular formula is C23H20N4O2. The summed E-state index contributed by atoms with van der Waals surface area (Å²) in [6, 6.07) is 20.7. The topological polar surface area (TPSA) is 76.9 Å². The van der Waals surface area contributed by atoms with Gasteiger partial charge in [0, 0.05) is 29.9 Å². The van der Waals surface area contributed by atoms with Gasteiger partial charge in [-0.05, 0) is 37.1 Å². The Hall–Kier alpha value is -3.80. The van der Waals surface area contributed by atoms with E-state index in [1.165, 1.54) is 6.07 Å². The van der Waals surface area contributed by atoms with Crippen LogP contribution in [-0.4, -0.2) is 27.2 Å². The average Bonchev–Trinajstić information content (AvgIpc) is 2.74. The fourth-order valence-corrected chi connectivity index (χ4v) is 3.30. The first-order chi connectivity index (χ1) is 14.1. The van der Waals surface area contributed by atoms with E-state index in [-0.39, 0.29) is 11.1 Å². The Balaban J connectivity index is 1.52. The number of nitrogens with one attached hydrogen (secondary N) is 1. The number of aryl methyl sites for hydroxylation is 1. The molecule has 2 heterocycles. The third kappa shape index (κ3) is 3.91. The molecule has 0 fully saturated rings. The number of hydrogen-bond donors (Lipinski definition) is 1. The maximum atomic E-state index is 12.6. The van der Waals surface area contributed by atoms with Crippen molar-refractivity contribution in [1.29, 1.82) is 0 Å². The SMILES string of the molecule is Cc1cc(=O)c(C(=O)NCCc2cccc3cccnc23)nn1-c1ccccc1. The summed E-state index contributed by atoms with van der Waals surface area (Å²) in [5, 5.41) is 8.16. The lowest BCUT2D eigenvalue weighted by Gasteiger charge is -2.11. The van der Waals surface area contributed by atoms with E-state index in [4.69, 9.17) is 0 Å². The maximum Gasteiger partial charge on any atom is 0.275 e. The molecule has 0 atom stereocenters. The minimum Gasteiger partial charge on any atom is -0.350 e. The van der Waals surface area contributed by atoms with Gasteiger partial charge in [0.15, 0.2) is 5.69 Å². The van der Waals surface area contributed by atoms with E-state index in [1.54, 1.807) is 17.8 Å². The van der Waals surface area contributed by atoms with Crippen LogP contribution in [0.4, 0.5) is 0 Å². The molecule has 2 aromatic heterocycles. The molecule has 0 spiro atoms. The van der Waals surface area contributed by atoms with E-state index in [9.17, 15) is 9.59 Å². The van der Waals surface area contributed by atoms with Crippen LogP contribution >= 0.6 is 0 Å². The summed E-state index contributed by atoms with van der Waals surface area (Å²) < 4.78 is 1.60. The summed E-state index contributed by atoms with van der Waals surface area (Å²) in [4.78, 5) is 29.4. The number of carbonyl (C=O) groups excluding carboxylic acids is 1. The van der Waals surface area contributed by atoms with Gasteiger partial charge in [0.25, 0.3) is 5.91 Å². The number of nitrogens with zero attached hydrogens (tertiary/aromatic N) is 3. The molecule has 0 bridgehead atoms. The summed E-state index contributed by atoms with van der Waals surface area (Å²) >= 11 is 0. The van der Waals surface area contributed by atoms with Crippen LogP contribution in [0.25, 0.3) is 16.6 Å². The fraction of sp³-hybridized carbons (Fsp3) is 0.130. The molecule has 1 N–H and O–H groups in total. The fourth-order valence-electron chi connectivity index (χ4n) is 3.30. The molecule has 4 aromatic rings. The third-order valence-electron chi connectivity index (χ3n) is 4.72. The van der Waals surface area contributed by atoms with E-state index in [0.29, 0.717) is 18.7 Å². The van der Waals surface area contributed by atoms with Crippen LogP contribution in [0.3, 0.4) is 0 Å². The second-order valence-corrected chi connectivity index (χ2v) is 6.74. The number of benzene rings is 2. The second-order valence-electron chi connectivity index (χ2n) is 6.74. The van der Waals surface area contributed by atoms with Crippen LogP contribution in [0.1, 0.15) is 21.7 Å². The zero-order chi connectivity index (χ0) is 20.2. The minimum absolute atomic E-state index is 0.115. The third-order valence-corrected chi connectivity index (χ3v) is 4.72. The van der Waals surface area contributed by atoms with Crippen LogP contribution in [0.15, 0.2) is 77.7 Å². The molecule has 0 saturated heterocycles. The zero-order valence-corrected chi connectivity index (χ0v) is 16.0. The van der Waals surface area contributed by atoms with Gasteiger partial charge in [-0.25, -0.2) is 4.68 Å². The Labute approximate surface area is 167 Å². The smallest absolute Gasteiger partial charge is 0.275 e. The first-order valence-electron chi connectivity index (χ1n) is 9.41. The summed E-state index contributed by atoms with van der Waals surface area (Å²) in [6.07, 6.45) is 2.37. The molecule has 0 aliphatic carbocycles. The highest BCUT2D eigenvalue weighted by Gasteiger charge is 2.15. The minimum atomic E-state index is -0.479. The largest absolute Gasteiger partial charge is 0.350 e. The highest BCUT2D eigenvalue weighted by atomic mass is 16.2. The van der Waals surface area contributed by atoms with Crippen molar-refractivity contribution < 1.29 is 4.79 Å². The molecule has 2 aromatic carbocycles. The molecule has 0 aliphatic rings. The van der Waals surface area contributed by atoms with Gasteiger partial charge in [-0.15, -0.1) is 0 Å². The first kappa shape index (κ1) is 18.6. The van der Waals surface area contributed by atoms with Crippen LogP contribution < -0.4 is 10.7 Å². The van der Waals surface area contributed by atoms with Gasteiger partial charge in [-0.1, -0.05) is 42.5 Å². The molecule has 4 rings (SSSR count). The lowest BCUT2D eigenvalue weighted by molar-refractivity contribution is 0.0946. The number of hydrogen-bond acceptors (Lipinski definition) is 4. The van der Waals surface area contributed by atoms with Gasteiger partial charge in [-0.2, -0.15) is 5.10 Å². The predicted octanol–water partition coefficient (Wildman–Crippen LogP) is 3.06. The van der Waals surface area contributed by atoms with Crippen LogP contribution in [-0.2, 0) is 6.42 Å². The molecule has 1 amide bonds. The molecule has 0 saturated carbocycles. The van der Waals surface area contributed by atoms with Gasteiger partial charge in [-0.3, -0.25) is 14.6 Å². The van der Waals surface area contributed by atoms with E-state index in [0.717, 1.165) is 22.2 Å². The van der Waals surface area contributed by atoms with E-state index < -0.39 is 5.91 Å². The van der Waals surface area contributed by atoms with Crippen LogP contribution in [0.5, 0.6) is 0 Å². The van der Waals surface area contributed by atoms with Gasteiger partial charge in [0.2, 0.25) is 5.43 Å². The van der Waals surface area contributed by atoms with E-state index >= 15 is 0 Å². The Morgan fingerprint density at radius 1 is 1.03 bits per heavy atom. The number of aromatic nitrogens is 3. The van der Waals surface area contributed by atoms with Crippen molar-refractivity contribution in [2.75, 3.05) is 6.54 Å². The van der Waals surface area contributed by atoms with Crippen molar-refractivity contribution in [3.8, 4) is 5.69 Å². The van der Waals surface area contributed by atoms with Crippen molar-refractivity contribution >= 4 is 16.8 Å². The number of amides is 1. The summed E-state index contributed by atoms with van der Waals surface area (Å²) in [5.74, 6) is -0.479. The predicted molar refractivity (Wildman–Crippen MR) is 112 cm³/mol. The van der Waals surface area contributed by atoms with Gasteiger partial charge in [0.1, 0.15) is 0 Å². The van der Waals surface area contributed by atoms with Crippen molar-refractivity contribution in [3.05, 3.63) is 100 Å². The van der Waals surface area contributed by atoms with Crippen molar-refractivity contribution in [2.24, 2.45) is 0 Å². The quantitative estimate of drug-likeness (QED) is 0.574. The Kier molecular flexibility index (Phi) is 5.16. The highest BCUT2D eigenvalue weighted by Crippen LogP contribution is 2.16. The lowest BCUT2D eigenvalue weighted by atomic mass is 10.1. The van der Waals surface area contributed by atoms with Crippen LogP contribution in [0, 0.1) is 6.92 Å². The number of carbonyl (C=O) groups is 1. The normalized spacial score (nSPS) is 10.8. The van der Waals surface area contributed by atoms with Gasteiger partial charge >= 0.3 is 0 Å². The van der Waals surface area contributed by atoms with Gasteiger partial charge in [0.05, 0.1) is 11.2 Å².